The molecule has 1 aromatic heterocycles. The normalized spacial score (nSPS) is 10.2. The van der Waals surface area contributed by atoms with Gasteiger partial charge in [0.15, 0.2) is 0 Å². The average molecular weight is 248 g/mol. The van der Waals surface area contributed by atoms with E-state index in [-0.39, 0.29) is 11.7 Å². The highest BCUT2D eigenvalue weighted by Gasteiger charge is 2.11. The van der Waals surface area contributed by atoms with E-state index in [9.17, 15) is 9.90 Å². The minimum absolute atomic E-state index is 0.155. The van der Waals surface area contributed by atoms with Gasteiger partial charge in [0, 0.05) is 11.8 Å². The number of carbonyl (C=O) groups is 1. The van der Waals surface area contributed by atoms with Gasteiger partial charge in [-0.3, -0.25) is 4.79 Å². The zero-order chi connectivity index (χ0) is 12.4. The summed E-state index contributed by atoms with van der Waals surface area (Å²) in [5.41, 5.74) is 7.42. The monoisotopic (exact) mass is 248 g/mol. The smallest absolute Gasteiger partial charge is 0.267 e. The summed E-state index contributed by atoms with van der Waals surface area (Å²) in [6, 6.07) is 6.67. The molecular formula is C12H12N2O2S. The number of benzene rings is 1. The van der Waals surface area contributed by atoms with Gasteiger partial charge >= 0.3 is 0 Å². The molecule has 0 spiro atoms. The Hall–Kier alpha value is -2.01. The summed E-state index contributed by atoms with van der Waals surface area (Å²) >= 11 is 1.28. The van der Waals surface area contributed by atoms with E-state index < -0.39 is 0 Å². The number of thiophene rings is 1. The molecule has 17 heavy (non-hydrogen) atoms. The molecule has 2 rings (SSSR count). The number of nitrogen functional groups attached to an aromatic ring is 1. The standard InChI is InChI=1S/C12H12N2O2S/c1-7-2-3-8(6-10(7)15)14-12(16)11-9(13)4-5-17-11/h2-6,15H,13H2,1H3,(H,14,16). The number of rotatable bonds is 2. The predicted octanol–water partition coefficient (Wildman–Crippen LogP) is 2.60. The molecule has 88 valence electrons. The van der Waals surface area contributed by atoms with Crippen molar-refractivity contribution < 1.29 is 9.90 Å². The van der Waals surface area contributed by atoms with E-state index in [1.54, 1.807) is 30.5 Å². The molecule has 0 fully saturated rings. The maximum absolute atomic E-state index is 11.8. The minimum atomic E-state index is -0.263. The molecule has 2 aromatic rings. The Morgan fingerprint density at radius 3 is 2.76 bits per heavy atom. The van der Waals surface area contributed by atoms with Crippen molar-refractivity contribution in [3.63, 3.8) is 0 Å². The Labute approximate surface area is 103 Å². The molecule has 0 aliphatic heterocycles. The number of nitrogens with two attached hydrogens (primary N) is 1. The molecule has 0 radical (unpaired) electrons. The SMILES string of the molecule is Cc1ccc(NC(=O)c2sccc2N)cc1O. The van der Waals surface area contributed by atoms with Gasteiger partial charge < -0.3 is 16.2 Å². The average Bonchev–Trinajstić information content (AvgIpc) is 2.70. The third kappa shape index (κ3) is 2.39. The lowest BCUT2D eigenvalue weighted by Gasteiger charge is -2.06. The first-order valence-corrected chi connectivity index (χ1v) is 5.90. The van der Waals surface area contributed by atoms with Crippen molar-refractivity contribution in [2.24, 2.45) is 0 Å². The van der Waals surface area contributed by atoms with Gasteiger partial charge in [-0.1, -0.05) is 6.07 Å². The second-order valence-corrected chi connectivity index (χ2v) is 4.58. The van der Waals surface area contributed by atoms with Gasteiger partial charge in [-0.05, 0) is 30.0 Å². The lowest BCUT2D eigenvalue weighted by molar-refractivity contribution is 0.103. The van der Waals surface area contributed by atoms with E-state index in [4.69, 9.17) is 5.73 Å². The van der Waals surface area contributed by atoms with Crippen molar-refractivity contribution in [2.75, 3.05) is 11.1 Å². The largest absolute Gasteiger partial charge is 0.508 e. The summed E-state index contributed by atoms with van der Waals surface area (Å²) in [5.74, 6) is -0.109. The number of nitrogens with one attached hydrogen (secondary N) is 1. The number of aromatic hydroxyl groups is 1. The van der Waals surface area contributed by atoms with Gasteiger partial charge in [0.1, 0.15) is 10.6 Å². The number of phenols is 1. The van der Waals surface area contributed by atoms with Crippen molar-refractivity contribution in [3.05, 3.63) is 40.1 Å². The second-order valence-electron chi connectivity index (χ2n) is 3.66. The Morgan fingerprint density at radius 1 is 1.41 bits per heavy atom. The number of carbonyl (C=O) groups excluding carboxylic acids is 1. The molecule has 0 aliphatic rings. The van der Waals surface area contributed by atoms with Crippen LogP contribution in [0.3, 0.4) is 0 Å². The Morgan fingerprint density at radius 2 is 2.18 bits per heavy atom. The van der Waals surface area contributed by atoms with Gasteiger partial charge in [0.05, 0.1) is 5.69 Å². The van der Waals surface area contributed by atoms with Crippen LogP contribution >= 0.6 is 11.3 Å². The summed E-state index contributed by atoms with van der Waals surface area (Å²) in [6.07, 6.45) is 0. The lowest BCUT2D eigenvalue weighted by Crippen LogP contribution is -2.11. The highest BCUT2D eigenvalue weighted by molar-refractivity contribution is 7.12. The van der Waals surface area contributed by atoms with Gasteiger partial charge in [-0.2, -0.15) is 0 Å². The van der Waals surface area contributed by atoms with E-state index >= 15 is 0 Å². The first-order valence-electron chi connectivity index (χ1n) is 5.02. The number of aryl methyl sites for hydroxylation is 1. The fourth-order valence-corrected chi connectivity index (χ4v) is 2.09. The highest BCUT2D eigenvalue weighted by atomic mass is 32.1. The van der Waals surface area contributed by atoms with Crippen LogP contribution in [0.15, 0.2) is 29.6 Å². The molecule has 0 saturated carbocycles. The molecular weight excluding hydrogens is 236 g/mol. The van der Waals surface area contributed by atoms with Crippen molar-refractivity contribution in [1.82, 2.24) is 0 Å². The molecule has 4 nitrogen and oxygen atoms in total. The number of amides is 1. The molecule has 0 bridgehead atoms. The van der Waals surface area contributed by atoms with Crippen LogP contribution in [-0.2, 0) is 0 Å². The summed E-state index contributed by atoms with van der Waals surface area (Å²) in [7, 11) is 0. The second kappa shape index (κ2) is 4.47. The minimum Gasteiger partial charge on any atom is -0.508 e. The third-order valence-electron chi connectivity index (χ3n) is 2.37. The topological polar surface area (TPSA) is 75.4 Å². The number of hydrogen-bond donors (Lipinski definition) is 3. The van der Waals surface area contributed by atoms with Crippen LogP contribution in [0.4, 0.5) is 11.4 Å². The molecule has 1 heterocycles. The van der Waals surface area contributed by atoms with Crippen molar-refractivity contribution in [3.8, 4) is 5.75 Å². The molecule has 0 atom stereocenters. The number of anilines is 2. The zero-order valence-electron chi connectivity index (χ0n) is 9.23. The van der Waals surface area contributed by atoms with Crippen LogP contribution in [-0.4, -0.2) is 11.0 Å². The molecule has 4 N–H and O–H groups in total. The Balaban J connectivity index is 2.19. The maximum Gasteiger partial charge on any atom is 0.267 e. The van der Waals surface area contributed by atoms with Gasteiger partial charge in [-0.25, -0.2) is 0 Å². The zero-order valence-corrected chi connectivity index (χ0v) is 10.0. The molecule has 5 heteroatoms. The molecule has 0 saturated heterocycles. The van der Waals surface area contributed by atoms with E-state index in [0.717, 1.165) is 5.56 Å². The number of hydrogen-bond acceptors (Lipinski definition) is 4. The van der Waals surface area contributed by atoms with Gasteiger partial charge in [-0.15, -0.1) is 11.3 Å². The van der Waals surface area contributed by atoms with Crippen LogP contribution in [0.5, 0.6) is 5.75 Å². The van der Waals surface area contributed by atoms with Crippen LogP contribution < -0.4 is 11.1 Å². The van der Waals surface area contributed by atoms with Crippen molar-refractivity contribution >= 4 is 28.6 Å². The molecule has 0 aliphatic carbocycles. The quantitative estimate of drug-likeness (QED) is 0.764. The van der Waals surface area contributed by atoms with Crippen molar-refractivity contribution in [2.45, 2.75) is 6.92 Å². The summed E-state index contributed by atoms with van der Waals surface area (Å²) < 4.78 is 0. The first kappa shape index (κ1) is 11.5. The third-order valence-corrected chi connectivity index (χ3v) is 3.30. The molecule has 0 unspecified atom stereocenters. The number of phenolic OH excluding ortho intramolecular Hbond substituents is 1. The van der Waals surface area contributed by atoms with E-state index in [2.05, 4.69) is 5.32 Å². The van der Waals surface area contributed by atoms with E-state index in [0.29, 0.717) is 16.3 Å². The van der Waals surface area contributed by atoms with Crippen LogP contribution in [0.25, 0.3) is 0 Å². The van der Waals surface area contributed by atoms with Crippen LogP contribution in [0, 0.1) is 6.92 Å². The highest BCUT2D eigenvalue weighted by Crippen LogP contribution is 2.23. The fourth-order valence-electron chi connectivity index (χ4n) is 1.38. The van der Waals surface area contributed by atoms with Gasteiger partial charge in [0.2, 0.25) is 0 Å². The fraction of sp³-hybridized carbons (Fsp3) is 0.0833. The Bertz CT molecular complexity index is 563. The summed E-state index contributed by atoms with van der Waals surface area (Å²) in [6.45, 7) is 1.79. The first-order chi connectivity index (χ1) is 8.08. The van der Waals surface area contributed by atoms with Crippen LogP contribution in [0.2, 0.25) is 0 Å². The predicted molar refractivity (Wildman–Crippen MR) is 69.5 cm³/mol. The molecule has 1 aromatic carbocycles. The van der Waals surface area contributed by atoms with E-state index in [1.807, 2.05) is 0 Å². The summed E-state index contributed by atoms with van der Waals surface area (Å²) in [5, 5.41) is 14.0. The summed E-state index contributed by atoms with van der Waals surface area (Å²) in [4.78, 5) is 12.3. The maximum atomic E-state index is 11.8. The van der Waals surface area contributed by atoms with Crippen molar-refractivity contribution in [1.29, 1.82) is 0 Å². The van der Waals surface area contributed by atoms with Crippen LogP contribution in [0.1, 0.15) is 15.2 Å². The Kier molecular flexibility index (Phi) is 3.01. The van der Waals surface area contributed by atoms with Gasteiger partial charge in [0.25, 0.3) is 5.91 Å². The lowest BCUT2D eigenvalue weighted by atomic mass is 10.2. The van der Waals surface area contributed by atoms with E-state index in [1.165, 1.54) is 17.4 Å². The molecule has 1 amide bonds.